The fourth-order valence-corrected chi connectivity index (χ4v) is 2.74. The first kappa shape index (κ1) is 19.6. The molecule has 0 radical (unpaired) electrons. The number of aromatic nitrogens is 5. The minimum absolute atomic E-state index is 0.00478. The smallest absolute Gasteiger partial charge is 0.273 e. The lowest BCUT2D eigenvalue weighted by Crippen LogP contribution is -2.23. The Balaban J connectivity index is 1.69. The SMILES string of the molecule is CN/C=C(/Cn1cc(C(=O)NCc2ncn3ccc(Cl)c(F)c23)nn1)N(C)C. The van der Waals surface area contributed by atoms with Crippen molar-refractivity contribution in [2.75, 3.05) is 21.1 Å². The highest BCUT2D eigenvalue weighted by atomic mass is 35.5. The van der Waals surface area contributed by atoms with Crippen molar-refractivity contribution in [1.29, 1.82) is 0 Å². The van der Waals surface area contributed by atoms with Gasteiger partial charge in [0.05, 0.1) is 42.0 Å². The molecule has 3 heterocycles. The van der Waals surface area contributed by atoms with Crippen molar-refractivity contribution in [3.63, 3.8) is 0 Å². The number of pyridine rings is 1. The van der Waals surface area contributed by atoms with Gasteiger partial charge in [0.2, 0.25) is 0 Å². The Kier molecular flexibility index (Phi) is 5.78. The van der Waals surface area contributed by atoms with E-state index in [0.29, 0.717) is 12.2 Å². The van der Waals surface area contributed by atoms with Crippen molar-refractivity contribution in [3.05, 3.63) is 58.9 Å². The first-order chi connectivity index (χ1) is 13.4. The number of allylic oxidation sites excluding steroid dienone is 1. The van der Waals surface area contributed by atoms with Gasteiger partial charge in [-0.25, -0.2) is 14.1 Å². The van der Waals surface area contributed by atoms with Crippen LogP contribution in [0.25, 0.3) is 5.52 Å². The number of carbonyl (C=O) groups excluding carboxylic acids is 1. The fraction of sp³-hybridized carbons (Fsp3) is 0.294. The first-order valence-corrected chi connectivity index (χ1v) is 8.80. The Hall–Kier alpha value is -3.14. The molecule has 0 bridgehead atoms. The Morgan fingerprint density at radius 2 is 2.21 bits per heavy atom. The molecule has 0 unspecified atom stereocenters. The Morgan fingerprint density at radius 1 is 1.43 bits per heavy atom. The van der Waals surface area contributed by atoms with Crippen LogP contribution in [-0.4, -0.2) is 56.3 Å². The zero-order valence-corrected chi connectivity index (χ0v) is 16.4. The summed E-state index contributed by atoms with van der Waals surface area (Å²) in [6, 6.07) is 1.44. The van der Waals surface area contributed by atoms with Crippen LogP contribution in [0.1, 0.15) is 16.2 Å². The molecule has 0 fully saturated rings. The van der Waals surface area contributed by atoms with Crippen molar-refractivity contribution in [1.82, 2.24) is 39.9 Å². The number of halogens is 2. The van der Waals surface area contributed by atoms with E-state index >= 15 is 0 Å². The molecular formula is C17H20ClFN8O. The van der Waals surface area contributed by atoms with Gasteiger partial charge in [-0.1, -0.05) is 16.8 Å². The summed E-state index contributed by atoms with van der Waals surface area (Å²) in [6.45, 7) is 0.478. The number of likely N-dealkylation sites (N-methyl/N-ethyl adjacent to an activating group) is 1. The summed E-state index contributed by atoms with van der Waals surface area (Å²) in [7, 11) is 5.63. The second kappa shape index (κ2) is 8.26. The average Bonchev–Trinajstić information content (AvgIpc) is 3.29. The molecule has 0 aliphatic carbocycles. The van der Waals surface area contributed by atoms with Gasteiger partial charge in [0.15, 0.2) is 11.5 Å². The van der Waals surface area contributed by atoms with Crippen LogP contribution < -0.4 is 10.6 Å². The average molecular weight is 407 g/mol. The second-order valence-corrected chi connectivity index (χ2v) is 6.63. The van der Waals surface area contributed by atoms with Gasteiger partial charge in [0.25, 0.3) is 5.91 Å². The predicted octanol–water partition coefficient (Wildman–Crippen LogP) is 1.27. The number of nitrogens with one attached hydrogen (secondary N) is 2. The van der Waals surface area contributed by atoms with Gasteiger partial charge in [-0.05, 0) is 6.07 Å². The van der Waals surface area contributed by atoms with E-state index in [0.717, 1.165) is 5.70 Å². The summed E-state index contributed by atoms with van der Waals surface area (Å²) in [4.78, 5) is 18.4. The van der Waals surface area contributed by atoms with Crippen molar-refractivity contribution < 1.29 is 9.18 Å². The van der Waals surface area contributed by atoms with Crippen LogP contribution in [0.15, 0.2) is 36.7 Å². The molecule has 0 aromatic carbocycles. The summed E-state index contributed by atoms with van der Waals surface area (Å²) in [6.07, 6.45) is 6.45. The topological polar surface area (TPSA) is 92.4 Å². The van der Waals surface area contributed by atoms with Crippen molar-refractivity contribution >= 4 is 23.0 Å². The van der Waals surface area contributed by atoms with Crippen LogP contribution in [0.4, 0.5) is 4.39 Å². The summed E-state index contributed by atoms with van der Waals surface area (Å²) >= 11 is 5.83. The van der Waals surface area contributed by atoms with Crippen molar-refractivity contribution in [2.24, 2.45) is 0 Å². The lowest BCUT2D eigenvalue weighted by Gasteiger charge is -2.16. The minimum atomic E-state index is -0.579. The van der Waals surface area contributed by atoms with Crippen molar-refractivity contribution in [2.45, 2.75) is 13.1 Å². The van der Waals surface area contributed by atoms with E-state index in [1.807, 2.05) is 25.2 Å². The molecule has 11 heteroatoms. The maximum absolute atomic E-state index is 14.2. The number of nitrogens with zero attached hydrogens (tertiary/aromatic N) is 6. The zero-order chi connectivity index (χ0) is 20.3. The molecule has 0 atom stereocenters. The molecule has 148 valence electrons. The fourth-order valence-electron chi connectivity index (χ4n) is 2.60. The van der Waals surface area contributed by atoms with Gasteiger partial charge in [-0.3, -0.25) is 4.79 Å². The molecule has 0 aliphatic rings. The summed E-state index contributed by atoms with van der Waals surface area (Å²) in [5.74, 6) is -1.01. The Labute approximate surface area is 165 Å². The third kappa shape index (κ3) is 4.06. The lowest BCUT2D eigenvalue weighted by molar-refractivity contribution is 0.0945. The number of hydrogen-bond donors (Lipinski definition) is 2. The zero-order valence-electron chi connectivity index (χ0n) is 15.6. The van der Waals surface area contributed by atoms with E-state index in [1.54, 1.807) is 24.1 Å². The number of imidazole rings is 1. The molecule has 0 spiro atoms. The summed E-state index contributed by atoms with van der Waals surface area (Å²) in [5, 5.41) is 13.5. The number of fused-ring (bicyclic) bond motifs is 1. The minimum Gasteiger partial charge on any atom is -0.393 e. The maximum Gasteiger partial charge on any atom is 0.273 e. The normalized spacial score (nSPS) is 11.7. The van der Waals surface area contributed by atoms with Gasteiger partial charge in [-0.15, -0.1) is 5.10 Å². The summed E-state index contributed by atoms with van der Waals surface area (Å²) in [5.41, 5.74) is 1.71. The van der Waals surface area contributed by atoms with E-state index in [1.165, 1.54) is 16.8 Å². The Morgan fingerprint density at radius 3 is 2.93 bits per heavy atom. The summed E-state index contributed by atoms with van der Waals surface area (Å²) < 4.78 is 17.3. The molecular weight excluding hydrogens is 387 g/mol. The van der Waals surface area contributed by atoms with Crippen LogP contribution in [0.2, 0.25) is 5.02 Å². The number of amides is 1. The Bertz CT molecular complexity index is 1030. The predicted molar refractivity (Wildman–Crippen MR) is 102 cm³/mol. The van der Waals surface area contributed by atoms with E-state index in [-0.39, 0.29) is 22.8 Å². The van der Waals surface area contributed by atoms with Gasteiger partial charge in [0, 0.05) is 33.5 Å². The molecule has 3 rings (SSSR count). The van der Waals surface area contributed by atoms with Crippen LogP contribution in [-0.2, 0) is 13.1 Å². The van der Waals surface area contributed by atoms with Crippen LogP contribution >= 0.6 is 11.6 Å². The first-order valence-electron chi connectivity index (χ1n) is 8.42. The maximum atomic E-state index is 14.2. The molecule has 3 aromatic heterocycles. The number of rotatable bonds is 7. The highest BCUT2D eigenvalue weighted by Crippen LogP contribution is 2.21. The van der Waals surface area contributed by atoms with Gasteiger partial charge < -0.3 is 19.9 Å². The van der Waals surface area contributed by atoms with E-state index < -0.39 is 11.7 Å². The molecule has 9 nitrogen and oxygen atoms in total. The largest absolute Gasteiger partial charge is 0.393 e. The van der Waals surface area contributed by atoms with Gasteiger partial charge in [0.1, 0.15) is 5.52 Å². The second-order valence-electron chi connectivity index (χ2n) is 6.23. The van der Waals surface area contributed by atoms with Crippen LogP contribution in [0, 0.1) is 5.82 Å². The molecule has 2 N–H and O–H groups in total. The molecule has 1 amide bonds. The monoisotopic (exact) mass is 406 g/mol. The van der Waals surface area contributed by atoms with Gasteiger partial charge in [-0.2, -0.15) is 0 Å². The van der Waals surface area contributed by atoms with Gasteiger partial charge >= 0.3 is 0 Å². The number of hydrogen-bond acceptors (Lipinski definition) is 6. The van der Waals surface area contributed by atoms with E-state index in [4.69, 9.17) is 11.6 Å². The van der Waals surface area contributed by atoms with Crippen LogP contribution in [0.3, 0.4) is 0 Å². The van der Waals surface area contributed by atoms with Crippen molar-refractivity contribution in [3.8, 4) is 0 Å². The third-order valence-electron chi connectivity index (χ3n) is 4.07. The van der Waals surface area contributed by atoms with Crippen LogP contribution in [0.5, 0.6) is 0 Å². The third-order valence-corrected chi connectivity index (χ3v) is 4.36. The number of carbonyl (C=O) groups is 1. The van der Waals surface area contributed by atoms with E-state index in [9.17, 15) is 9.18 Å². The molecule has 28 heavy (non-hydrogen) atoms. The molecule has 0 saturated carbocycles. The quantitative estimate of drug-likeness (QED) is 0.614. The molecule has 3 aromatic rings. The van der Waals surface area contributed by atoms with E-state index in [2.05, 4.69) is 25.9 Å². The molecule has 0 saturated heterocycles. The highest BCUT2D eigenvalue weighted by Gasteiger charge is 2.16. The standard InChI is InChI=1S/C17H20ClFN8O/c1-20-6-11(25(2)3)8-27-9-14(23-24-27)17(28)21-7-13-16-15(19)12(18)4-5-26(16)10-22-13/h4-6,9-10,20H,7-8H2,1-3H3,(H,21,28)/b11-6-. The molecule has 0 aliphatic heterocycles. The lowest BCUT2D eigenvalue weighted by atomic mass is 10.3. The highest BCUT2D eigenvalue weighted by molar-refractivity contribution is 6.31.